The first-order chi connectivity index (χ1) is 9.45. The summed E-state index contributed by atoms with van der Waals surface area (Å²) < 4.78 is 5.40. The average molecular weight is 295 g/mol. The zero-order chi connectivity index (χ0) is 15.4. The largest absolute Gasteiger partial charge is 0.483 e. The minimum absolute atomic E-state index is 0.613. The van der Waals surface area contributed by atoms with Gasteiger partial charge >= 0.3 is 0 Å². The topological polar surface area (TPSA) is 9.23 Å². The maximum Gasteiger partial charge on any atom is 0.159 e. The summed E-state index contributed by atoms with van der Waals surface area (Å²) in [5.41, 5.74) is 4.26. The Hall–Kier alpha value is -0.890. The molecule has 0 rings (SSSR count). The number of allylic oxidation sites excluding steroid dienone is 5. The number of hydrogen-bond acceptors (Lipinski definition) is 2. The van der Waals surface area contributed by atoms with Crippen molar-refractivity contribution in [2.45, 2.75) is 66.7 Å². The molecule has 0 unspecified atom stereocenters. The van der Waals surface area contributed by atoms with Crippen LogP contribution in [0.15, 0.2) is 34.9 Å². The lowest BCUT2D eigenvalue weighted by atomic mass is 10.1. The molecule has 114 valence electrons. The van der Waals surface area contributed by atoms with E-state index in [2.05, 4.69) is 45.9 Å². The minimum atomic E-state index is 0.613. The molecule has 0 aromatic carbocycles. The van der Waals surface area contributed by atoms with Crippen LogP contribution in [0.1, 0.15) is 66.7 Å². The van der Waals surface area contributed by atoms with Gasteiger partial charge in [0.05, 0.1) is 0 Å². The van der Waals surface area contributed by atoms with Gasteiger partial charge in [0.2, 0.25) is 0 Å². The Morgan fingerprint density at radius 2 is 1.45 bits per heavy atom. The predicted octanol–water partition coefficient (Wildman–Crippen LogP) is 6.16. The molecule has 0 bridgehead atoms. The molecule has 0 radical (unpaired) electrons. The van der Waals surface area contributed by atoms with E-state index >= 15 is 0 Å². The lowest BCUT2D eigenvalue weighted by molar-refractivity contribution is 0.350. The molecule has 0 spiro atoms. The quantitative estimate of drug-likeness (QED) is 0.372. The lowest BCUT2D eigenvalue weighted by Gasteiger charge is -2.04. The van der Waals surface area contributed by atoms with E-state index in [4.69, 9.17) is 17.0 Å². The Morgan fingerprint density at radius 1 is 0.900 bits per heavy atom. The molecule has 0 aliphatic heterocycles. The lowest BCUT2D eigenvalue weighted by Crippen LogP contribution is -1.99. The number of hydrogen-bond donors (Lipinski definition) is 0. The van der Waals surface area contributed by atoms with Gasteiger partial charge in [0.25, 0.3) is 0 Å². The minimum Gasteiger partial charge on any atom is -0.483 e. The third kappa shape index (κ3) is 12.2. The van der Waals surface area contributed by atoms with Crippen LogP contribution in [0.25, 0.3) is 0 Å². The monoisotopic (exact) mass is 294 g/mol. The first kappa shape index (κ1) is 19.1. The van der Waals surface area contributed by atoms with Gasteiger partial charge in [-0.05, 0) is 71.7 Å². The van der Waals surface area contributed by atoms with Gasteiger partial charge in [-0.1, -0.05) is 35.8 Å². The molecular formula is C18H30OS. The fraction of sp³-hybridized carbons (Fsp3) is 0.611. The smallest absolute Gasteiger partial charge is 0.159 e. The molecule has 0 fully saturated rings. The second-order valence-corrected chi connectivity index (χ2v) is 5.95. The average Bonchev–Trinajstić information content (AvgIpc) is 2.38. The maximum atomic E-state index is 5.40. The van der Waals surface area contributed by atoms with Crippen LogP contribution < -0.4 is 0 Å². The summed E-state index contributed by atoms with van der Waals surface area (Å²) in [6, 6.07) is 0. The van der Waals surface area contributed by atoms with Gasteiger partial charge in [-0.25, -0.2) is 0 Å². The predicted molar refractivity (Wildman–Crippen MR) is 94.3 cm³/mol. The van der Waals surface area contributed by atoms with E-state index in [1.165, 1.54) is 23.1 Å². The van der Waals surface area contributed by atoms with Crippen LogP contribution in [0.4, 0.5) is 0 Å². The molecule has 0 aliphatic rings. The van der Waals surface area contributed by atoms with Crippen molar-refractivity contribution in [1.29, 1.82) is 0 Å². The summed E-state index contributed by atoms with van der Waals surface area (Å²) in [5.74, 6) is 0. The van der Waals surface area contributed by atoms with Crippen molar-refractivity contribution >= 4 is 17.3 Å². The molecule has 0 saturated carbocycles. The van der Waals surface area contributed by atoms with Gasteiger partial charge in [-0.2, -0.15) is 0 Å². The fourth-order valence-corrected chi connectivity index (χ4v) is 1.79. The Balaban J connectivity index is 3.88. The second-order valence-electron chi connectivity index (χ2n) is 5.50. The van der Waals surface area contributed by atoms with E-state index in [0.717, 1.165) is 25.7 Å². The van der Waals surface area contributed by atoms with Crippen LogP contribution in [-0.4, -0.2) is 11.7 Å². The number of rotatable bonds is 9. The van der Waals surface area contributed by atoms with E-state index in [-0.39, 0.29) is 0 Å². The zero-order valence-electron chi connectivity index (χ0n) is 13.8. The summed E-state index contributed by atoms with van der Waals surface area (Å²) in [4.78, 5) is 0. The van der Waals surface area contributed by atoms with E-state index < -0.39 is 0 Å². The van der Waals surface area contributed by atoms with E-state index in [1.807, 2.05) is 6.92 Å². The van der Waals surface area contributed by atoms with Crippen LogP contribution >= 0.6 is 12.2 Å². The molecule has 0 aromatic heterocycles. The van der Waals surface area contributed by atoms with Crippen molar-refractivity contribution in [2.24, 2.45) is 0 Å². The van der Waals surface area contributed by atoms with Crippen molar-refractivity contribution in [3.05, 3.63) is 34.9 Å². The first-order valence-corrected chi connectivity index (χ1v) is 7.96. The van der Waals surface area contributed by atoms with Gasteiger partial charge in [-0.3, -0.25) is 0 Å². The Bertz CT molecular complexity index is 371. The number of thiocarbonyl (C=S) groups is 1. The summed E-state index contributed by atoms with van der Waals surface area (Å²) in [7, 11) is 0. The molecule has 0 amide bonds. The molecule has 0 atom stereocenters. The van der Waals surface area contributed by atoms with E-state index in [9.17, 15) is 0 Å². The van der Waals surface area contributed by atoms with Crippen molar-refractivity contribution in [3.8, 4) is 0 Å². The molecule has 0 heterocycles. The van der Waals surface area contributed by atoms with Crippen molar-refractivity contribution in [3.63, 3.8) is 0 Å². The zero-order valence-corrected chi connectivity index (χ0v) is 14.6. The van der Waals surface area contributed by atoms with Gasteiger partial charge in [0, 0.05) is 6.42 Å². The van der Waals surface area contributed by atoms with Crippen molar-refractivity contribution in [2.75, 3.05) is 6.61 Å². The molecule has 0 saturated heterocycles. The molecule has 20 heavy (non-hydrogen) atoms. The highest BCUT2D eigenvalue weighted by molar-refractivity contribution is 7.80. The van der Waals surface area contributed by atoms with Gasteiger partial charge < -0.3 is 4.74 Å². The summed E-state index contributed by atoms with van der Waals surface area (Å²) in [5, 5.41) is 0.698. The first-order valence-electron chi connectivity index (χ1n) is 7.56. The molecule has 1 nitrogen and oxygen atoms in total. The summed E-state index contributed by atoms with van der Waals surface area (Å²) >= 11 is 5.02. The van der Waals surface area contributed by atoms with Crippen molar-refractivity contribution < 1.29 is 4.74 Å². The summed E-state index contributed by atoms with van der Waals surface area (Å²) in [6.45, 7) is 11.3. The second kappa shape index (κ2) is 11.9. The highest BCUT2D eigenvalue weighted by Crippen LogP contribution is 2.11. The Kier molecular flexibility index (Phi) is 11.4. The fourth-order valence-electron chi connectivity index (χ4n) is 1.72. The molecule has 0 aliphatic carbocycles. The molecular weight excluding hydrogens is 264 g/mol. The molecule has 2 heteroatoms. The normalized spacial score (nSPS) is 12.2. The van der Waals surface area contributed by atoms with Crippen LogP contribution in [0, 0.1) is 0 Å². The molecule has 0 N–H and O–H groups in total. The van der Waals surface area contributed by atoms with Crippen LogP contribution in [-0.2, 0) is 4.74 Å². The SMILES string of the molecule is CCC(=S)OC/C=C(\C)CC/C=C(\C)CCC=C(C)C. The van der Waals surface area contributed by atoms with Crippen LogP contribution in [0.3, 0.4) is 0 Å². The molecule has 0 aromatic rings. The van der Waals surface area contributed by atoms with Gasteiger partial charge in [0.15, 0.2) is 5.05 Å². The van der Waals surface area contributed by atoms with E-state index in [1.54, 1.807) is 0 Å². The highest BCUT2D eigenvalue weighted by atomic mass is 32.1. The maximum absolute atomic E-state index is 5.40. The van der Waals surface area contributed by atoms with E-state index in [0.29, 0.717) is 11.7 Å². The van der Waals surface area contributed by atoms with Gasteiger partial charge in [-0.15, -0.1) is 0 Å². The van der Waals surface area contributed by atoms with Gasteiger partial charge in [0.1, 0.15) is 6.61 Å². The standard InChI is InChI=1S/C18H30OS/c1-6-18(20)19-14-13-17(5)12-8-11-16(4)10-7-9-15(2)3/h9,11,13H,6-8,10,12,14H2,1-5H3/b16-11+,17-13+. The number of ether oxygens (including phenoxy) is 1. The van der Waals surface area contributed by atoms with Crippen LogP contribution in [0.5, 0.6) is 0 Å². The Labute approximate surface area is 130 Å². The summed E-state index contributed by atoms with van der Waals surface area (Å²) in [6.07, 6.45) is 12.1. The van der Waals surface area contributed by atoms with Crippen molar-refractivity contribution in [1.82, 2.24) is 0 Å². The highest BCUT2D eigenvalue weighted by Gasteiger charge is 1.94. The third-order valence-electron chi connectivity index (χ3n) is 3.09. The third-order valence-corrected chi connectivity index (χ3v) is 3.49. The van der Waals surface area contributed by atoms with Crippen LogP contribution in [0.2, 0.25) is 0 Å². The Morgan fingerprint density at radius 3 is 2.00 bits per heavy atom.